The van der Waals surface area contributed by atoms with E-state index in [-0.39, 0.29) is 5.82 Å². The Morgan fingerprint density at radius 2 is 2.29 bits per heavy atom. The van der Waals surface area contributed by atoms with Crippen LogP contribution < -0.4 is 5.32 Å². The van der Waals surface area contributed by atoms with Gasteiger partial charge in [-0.3, -0.25) is 0 Å². The summed E-state index contributed by atoms with van der Waals surface area (Å²) in [6.07, 6.45) is 3.13. The first kappa shape index (κ1) is 14.5. The average Bonchev–Trinajstić information content (AvgIpc) is 3.16. The number of hydrogen-bond acceptors (Lipinski definition) is 5. The largest absolute Gasteiger partial charge is 0.339 e. The standard InChI is InChI=1S/C15H18FN3OS/c16-12-3-1-2-4-13(12)21-10-14-18-15(20-19-14)6-5-11-7-8-17-9-11/h1-4,11,17H,5-10H2. The van der Waals surface area contributed by atoms with E-state index in [9.17, 15) is 4.39 Å². The quantitative estimate of drug-likeness (QED) is 0.831. The molecule has 4 nitrogen and oxygen atoms in total. The van der Waals surface area contributed by atoms with Crippen LogP contribution in [-0.2, 0) is 12.2 Å². The van der Waals surface area contributed by atoms with Gasteiger partial charge in [0, 0.05) is 11.3 Å². The molecule has 1 aliphatic rings. The van der Waals surface area contributed by atoms with Crippen molar-refractivity contribution in [2.45, 2.75) is 29.9 Å². The molecule has 3 rings (SSSR count). The third-order valence-corrected chi connectivity index (χ3v) is 4.68. The van der Waals surface area contributed by atoms with Crippen LogP contribution in [0.3, 0.4) is 0 Å². The summed E-state index contributed by atoms with van der Waals surface area (Å²) in [5.41, 5.74) is 0. The normalized spacial score (nSPS) is 18.2. The molecule has 1 unspecified atom stereocenters. The minimum Gasteiger partial charge on any atom is -0.339 e. The van der Waals surface area contributed by atoms with Crippen LogP contribution >= 0.6 is 11.8 Å². The molecule has 0 amide bonds. The Bertz CT molecular complexity index is 584. The lowest BCUT2D eigenvalue weighted by Gasteiger charge is -2.03. The highest BCUT2D eigenvalue weighted by atomic mass is 32.2. The van der Waals surface area contributed by atoms with Gasteiger partial charge in [0.15, 0.2) is 5.82 Å². The van der Waals surface area contributed by atoms with E-state index in [4.69, 9.17) is 4.52 Å². The fourth-order valence-electron chi connectivity index (χ4n) is 2.44. The number of thioether (sulfide) groups is 1. The predicted octanol–water partition coefficient (Wildman–Crippen LogP) is 3.04. The van der Waals surface area contributed by atoms with E-state index in [2.05, 4.69) is 15.5 Å². The molecule has 21 heavy (non-hydrogen) atoms. The fourth-order valence-corrected chi connectivity index (χ4v) is 3.23. The Balaban J connectivity index is 1.49. The van der Waals surface area contributed by atoms with Gasteiger partial charge in [0.25, 0.3) is 0 Å². The molecular formula is C15H18FN3OS. The number of nitrogens with one attached hydrogen (secondary N) is 1. The lowest BCUT2D eigenvalue weighted by Crippen LogP contribution is -2.09. The summed E-state index contributed by atoms with van der Waals surface area (Å²) in [4.78, 5) is 4.99. The number of hydrogen-bond donors (Lipinski definition) is 1. The Hall–Kier alpha value is -1.40. The third kappa shape index (κ3) is 4.04. The van der Waals surface area contributed by atoms with Crippen LogP contribution in [0.4, 0.5) is 4.39 Å². The molecule has 1 aromatic carbocycles. The van der Waals surface area contributed by atoms with Crippen molar-refractivity contribution < 1.29 is 8.91 Å². The highest BCUT2D eigenvalue weighted by Gasteiger charge is 2.16. The molecule has 1 N–H and O–H groups in total. The summed E-state index contributed by atoms with van der Waals surface area (Å²) in [6, 6.07) is 6.72. The highest BCUT2D eigenvalue weighted by molar-refractivity contribution is 7.98. The molecule has 2 heterocycles. The van der Waals surface area contributed by atoms with E-state index in [1.807, 2.05) is 6.07 Å². The van der Waals surface area contributed by atoms with E-state index < -0.39 is 0 Å². The van der Waals surface area contributed by atoms with Gasteiger partial charge in [0.05, 0.1) is 5.75 Å². The van der Waals surface area contributed by atoms with E-state index in [1.165, 1.54) is 24.2 Å². The minimum atomic E-state index is -0.208. The van der Waals surface area contributed by atoms with Crippen LogP contribution in [0, 0.1) is 11.7 Å². The van der Waals surface area contributed by atoms with Gasteiger partial charge in [-0.25, -0.2) is 4.39 Å². The number of halogens is 1. The van der Waals surface area contributed by atoms with Crippen molar-refractivity contribution in [3.63, 3.8) is 0 Å². The summed E-state index contributed by atoms with van der Waals surface area (Å²) in [5, 5.41) is 7.31. The Morgan fingerprint density at radius 1 is 1.38 bits per heavy atom. The molecule has 0 radical (unpaired) electrons. The predicted molar refractivity (Wildman–Crippen MR) is 79.6 cm³/mol. The molecule has 1 fully saturated rings. The molecule has 0 saturated carbocycles. The zero-order valence-electron chi connectivity index (χ0n) is 11.7. The molecule has 0 aliphatic carbocycles. The first-order chi connectivity index (χ1) is 10.3. The Labute approximate surface area is 127 Å². The molecule has 6 heteroatoms. The van der Waals surface area contributed by atoms with Gasteiger partial charge in [-0.1, -0.05) is 17.3 Å². The summed E-state index contributed by atoms with van der Waals surface area (Å²) in [5.74, 6) is 2.34. The van der Waals surface area contributed by atoms with Crippen LogP contribution in [0.5, 0.6) is 0 Å². The van der Waals surface area contributed by atoms with Gasteiger partial charge in [0.1, 0.15) is 5.82 Å². The Morgan fingerprint density at radius 3 is 3.10 bits per heavy atom. The number of rotatable bonds is 6. The third-order valence-electron chi connectivity index (χ3n) is 3.63. The van der Waals surface area contributed by atoms with Gasteiger partial charge >= 0.3 is 0 Å². The molecule has 0 bridgehead atoms. The van der Waals surface area contributed by atoms with E-state index in [0.29, 0.717) is 28.3 Å². The summed E-state index contributed by atoms with van der Waals surface area (Å²) in [7, 11) is 0. The number of aromatic nitrogens is 2. The van der Waals surface area contributed by atoms with Gasteiger partial charge in [-0.15, -0.1) is 11.8 Å². The van der Waals surface area contributed by atoms with Crippen LogP contribution in [-0.4, -0.2) is 23.2 Å². The number of aryl methyl sites for hydroxylation is 1. The van der Waals surface area contributed by atoms with Crippen molar-refractivity contribution in [2.24, 2.45) is 5.92 Å². The minimum absolute atomic E-state index is 0.208. The van der Waals surface area contributed by atoms with E-state index >= 15 is 0 Å². The van der Waals surface area contributed by atoms with Crippen molar-refractivity contribution in [2.75, 3.05) is 13.1 Å². The molecule has 0 spiro atoms. The lowest BCUT2D eigenvalue weighted by atomic mass is 10.0. The first-order valence-corrected chi connectivity index (χ1v) is 8.19. The summed E-state index contributed by atoms with van der Waals surface area (Å²) < 4.78 is 18.8. The SMILES string of the molecule is Fc1ccccc1SCc1noc(CCC2CCNC2)n1. The molecule has 1 aromatic heterocycles. The maximum Gasteiger partial charge on any atom is 0.226 e. The summed E-state index contributed by atoms with van der Waals surface area (Å²) in [6.45, 7) is 2.20. The van der Waals surface area contributed by atoms with Crippen molar-refractivity contribution in [3.05, 3.63) is 41.8 Å². The highest BCUT2D eigenvalue weighted by Crippen LogP contribution is 2.24. The monoisotopic (exact) mass is 307 g/mol. The number of nitrogens with zero attached hydrogens (tertiary/aromatic N) is 2. The second-order valence-electron chi connectivity index (χ2n) is 5.22. The van der Waals surface area contributed by atoms with Crippen molar-refractivity contribution in [1.29, 1.82) is 0 Å². The van der Waals surface area contributed by atoms with Crippen LogP contribution in [0.2, 0.25) is 0 Å². The molecule has 112 valence electrons. The van der Waals surface area contributed by atoms with Crippen LogP contribution in [0.1, 0.15) is 24.6 Å². The lowest BCUT2D eigenvalue weighted by molar-refractivity contribution is 0.361. The smallest absolute Gasteiger partial charge is 0.226 e. The second kappa shape index (κ2) is 7.04. The zero-order chi connectivity index (χ0) is 14.5. The van der Waals surface area contributed by atoms with E-state index in [0.717, 1.165) is 25.9 Å². The number of benzene rings is 1. The molecule has 1 aliphatic heterocycles. The average molecular weight is 307 g/mol. The van der Waals surface area contributed by atoms with Crippen LogP contribution in [0.15, 0.2) is 33.7 Å². The Kier molecular flexibility index (Phi) is 4.87. The molecular weight excluding hydrogens is 289 g/mol. The van der Waals surface area contributed by atoms with Gasteiger partial charge in [-0.05, 0) is 44.0 Å². The van der Waals surface area contributed by atoms with Crippen molar-refractivity contribution >= 4 is 11.8 Å². The van der Waals surface area contributed by atoms with Crippen LogP contribution in [0.25, 0.3) is 0 Å². The maximum atomic E-state index is 13.5. The van der Waals surface area contributed by atoms with Gasteiger partial charge in [-0.2, -0.15) is 4.98 Å². The van der Waals surface area contributed by atoms with Gasteiger partial charge in [0.2, 0.25) is 5.89 Å². The molecule has 1 atom stereocenters. The first-order valence-electron chi connectivity index (χ1n) is 7.21. The van der Waals surface area contributed by atoms with E-state index in [1.54, 1.807) is 12.1 Å². The van der Waals surface area contributed by atoms with Gasteiger partial charge < -0.3 is 9.84 Å². The zero-order valence-corrected chi connectivity index (χ0v) is 12.5. The molecule has 2 aromatic rings. The fraction of sp³-hybridized carbons (Fsp3) is 0.467. The van der Waals surface area contributed by atoms with Crippen molar-refractivity contribution in [1.82, 2.24) is 15.5 Å². The second-order valence-corrected chi connectivity index (χ2v) is 6.24. The molecule has 1 saturated heterocycles. The topological polar surface area (TPSA) is 51.0 Å². The maximum absolute atomic E-state index is 13.5. The van der Waals surface area contributed by atoms with Crippen molar-refractivity contribution in [3.8, 4) is 0 Å². The summed E-state index contributed by atoms with van der Waals surface area (Å²) >= 11 is 1.39.